The fourth-order valence-electron chi connectivity index (χ4n) is 3.82. The molecule has 0 aliphatic carbocycles. The van der Waals surface area contributed by atoms with Gasteiger partial charge in [-0.3, -0.25) is 4.79 Å². The molecule has 6 nitrogen and oxygen atoms in total. The lowest BCUT2D eigenvalue weighted by Gasteiger charge is -2.46. The molecular weight excluding hydrogens is 388 g/mol. The zero-order valence-electron chi connectivity index (χ0n) is 15.1. The van der Waals surface area contributed by atoms with Crippen LogP contribution in [0.15, 0.2) is 52.3 Å². The maximum Gasteiger partial charge on any atom is 0.352 e. The Balaban J connectivity index is 1.75. The lowest BCUT2D eigenvalue weighted by atomic mass is 9.78. The number of aliphatic carboxylic acids is 1. The number of carbonyl (C=O) groups is 2. The van der Waals surface area contributed by atoms with Crippen LogP contribution in [0, 0.1) is 11.8 Å². The summed E-state index contributed by atoms with van der Waals surface area (Å²) in [5.74, 6) is -1.52. The molecule has 3 rings (SSSR count). The van der Waals surface area contributed by atoms with Crippen LogP contribution in [0.25, 0.3) is 0 Å². The number of thioether (sulfide) groups is 1. The van der Waals surface area contributed by atoms with E-state index in [0.29, 0.717) is 12.3 Å². The highest BCUT2D eigenvalue weighted by molar-refractivity contribution is 7.99. The first-order valence-corrected chi connectivity index (χ1v) is 10.1. The van der Waals surface area contributed by atoms with Crippen molar-refractivity contribution in [1.82, 2.24) is 4.90 Å². The van der Waals surface area contributed by atoms with Gasteiger partial charge in [-0.05, 0) is 18.6 Å². The van der Waals surface area contributed by atoms with Gasteiger partial charge in [-0.1, -0.05) is 18.5 Å². The second-order valence-corrected chi connectivity index (χ2v) is 8.11. The van der Waals surface area contributed by atoms with Gasteiger partial charge in [0, 0.05) is 34.2 Å². The number of carbonyl (C=O) groups excluding carboxylic acids is 1. The van der Waals surface area contributed by atoms with Gasteiger partial charge in [-0.15, -0.1) is 11.8 Å². The highest BCUT2D eigenvalue weighted by Crippen LogP contribution is 2.48. The number of pyridine rings is 1. The van der Waals surface area contributed by atoms with E-state index in [1.54, 1.807) is 6.92 Å². The van der Waals surface area contributed by atoms with Crippen LogP contribution < -0.4 is 4.57 Å². The van der Waals surface area contributed by atoms with E-state index in [0.717, 1.165) is 10.5 Å². The van der Waals surface area contributed by atoms with Crippen LogP contribution in [0.3, 0.4) is 0 Å². The minimum absolute atomic E-state index is 0.0835. The molecule has 1 aromatic heterocycles. The molecule has 1 saturated heterocycles. The Hall–Kier alpha value is -1.83. The van der Waals surface area contributed by atoms with Crippen LogP contribution in [0.1, 0.15) is 13.8 Å². The molecule has 2 N–H and O–H groups in total. The van der Waals surface area contributed by atoms with Gasteiger partial charge in [0.05, 0.1) is 18.1 Å². The van der Waals surface area contributed by atoms with Crippen molar-refractivity contribution >= 4 is 35.2 Å². The quantitative estimate of drug-likeness (QED) is 0.409. The van der Waals surface area contributed by atoms with E-state index in [1.165, 1.54) is 22.2 Å². The number of fused-ring (bicyclic) bond motifs is 1. The molecule has 144 valence electrons. The van der Waals surface area contributed by atoms with Crippen LogP contribution in [-0.4, -0.2) is 44.9 Å². The van der Waals surface area contributed by atoms with Crippen molar-refractivity contribution in [2.45, 2.75) is 37.4 Å². The predicted molar refractivity (Wildman–Crippen MR) is 102 cm³/mol. The molecule has 0 spiro atoms. The van der Waals surface area contributed by atoms with Crippen molar-refractivity contribution in [3.63, 3.8) is 0 Å². The summed E-state index contributed by atoms with van der Waals surface area (Å²) in [7, 11) is 0. The van der Waals surface area contributed by atoms with Crippen molar-refractivity contribution in [1.29, 1.82) is 0 Å². The molecule has 8 heteroatoms. The number of rotatable bonds is 7. The van der Waals surface area contributed by atoms with Gasteiger partial charge in [-0.25, -0.2) is 9.36 Å². The Morgan fingerprint density at radius 1 is 1.44 bits per heavy atom. The number of carboxylic acids is 1. The molecule has 3 heterocycles. The Kier molecular flexibility index (Phi) is 5.93. The molecule has 0 bridgehead atoms. The fraction of sp³-hybridized carbons (Fsp3) is 0.421. The number of aliphatic hydroxyl groups excluding tert-OH is 1. The molecule has 1 fully saturated rings. The zero-order chi connectivity index (χ0) is 19.7. The Morgan fingerprint density at radius 2 is 2.11 bits per heavy atom. The van der Waals surface area contributed by atoms with E-state index in [-0.39, 0.29) is 23.6 Å². The average molecular weight is 410 g/mol. The second-order valence-electron chi connectivity index (χ2n) is 6.81. The SMILES string of the molecule is C[C@@H](O)[C@H]1C(=O)N2C(C(=O)O)=C(CSc3cc[n+](C/C=C\Cl)cc3)[C@H](C)[C@H]12. The number of aromatic nitrogens is 1. The van der Waals surface area contributed by atoms with Gasteiger partial charge in [0.25, 0.3) is 0 Å². The van der Waals surface area contributed by atoms with Crippen LogP contribution in [0.4, 0.5) is 0 Å². The largest absolute Gasteiger partial charge is 0.477 e. The number of aliphatic hydroxyl groups is 1. The monoisotopic (exact) mass is 409 g/mol. The summed E-state index contributed by atoms with van der Waals surface area (Å²) in [6.45, 7) is 4.19. The lowest BCUT2D eigenvalue weighted by molar-refractivity contribution is -0.687. The summed E-state index contributed by atoms with van der Waals surface area (Å²) in [4.78, 5) is 26.5. The number of carboxylic acid groups (broad SMARTS) is 1. The molecule has 1 amide bonds. The molecule has 2 aliphatic heterocycles. The third-order valence-corrected chi connectivity index (χ3v) is 6.42. The standard InChI is InChI=1S/C19H21ClN2O4S/c1-11-14(10-27-13-4-8-21(9-5-13)7-3-6-20)17(19(25)26)22-16(11)15(12(2)23)18(22)24/h3-6,8-9,11-12,15-16,23H,7,10H2,1-2H3/p+1/b6-3-/t11-,12+,15+,16+/m0/s1. The molecule has 0 unspecified atom stereocenters. The smallest absolute Gasteiger partial charge is 0.352 e. The maximum absolute atomic E-state index is 12.3. The molecule has 1 aromatic rings. The first kappa shape index (κ1) is 19.9. The summed E-state index contributed by atoms with van der Waals surface area (Å²) in [6.07, 6.45) is 4.92. The topological polar surface area (TPSA) is 81.7 Å². The number of nitrogens with zero attached hydrogens (tertiary/aromatic N) is 2. The Morgan fingerprint density at radius 3 is 2.67 bits per heavy atom. The summed E-state index contributed by atoms with van der Waals surface area (Å²) >= 11 is 7.07. The number of hydrogen-bond donors (Lipinski definition) is 2. The molecule has 0 saturated carbocycles. The van der Waals surface area contributed by atoms with Gasteiger partial charge >= 0.3 is 5.97 Å². The van der Waals surface area contributed by atoms with Gasteiger partial charge in [-0.2, -0.15) is 0 Å². The summed E-state index contributed by atoms with van der Waals surface area (Å²) in [5.41, 5.74) is 2.30. The number of hydrogen-bond acceptors (Lipinski definition) is 4. The zero-order valence-corrected chi connectivity index (χ0v) is 16.7. The van der Waals surface area contributed by atoms with E-state index in [4.69, 9.17) is 11.6 Å². The first-order valence-electron chi connectivity index (χ1n) is 8.71. The summed E-state index contributed by atoms with van der Waals surface area (Å²) in [5, 5.41) is 19.5. The third-order valence-electron chi connectivity index (χ3n) is 5.18. The van der Waals surface area contributed by atoms with Crippen LogP contribution in [0.2, 0.25) is 0 Å². The normalized spacial score (nSPS) is 25.7. The number of amides is 1. The first-order chi connectivity index (χ1) is 12.9. The van der Waals surface area contributed by atoms with Crippen molar-refractivity contribution < 1.29 is 24.4 Å². The second kappa shape index (κ2) is 8.04. The summed E-state index contributed by atoms with van der Waals surface area (Å²) in [6, 6.07) is 3.66. The maximum atomic E-state index is 12.3. The minimum atomic E-state index is -1.09. The van der Waals surface area contributed by atoms with E-state index in [2.05, 4.69) is 0 Å². The fourth-order valence-corrected chi connectivity index (χ4v) is 4.93. The number of allylic oxidation sites excluding steroid dienone is 1. The molecule has 4 atom stereocenters. The van der Waals surface area contributed by atoms with E-state index >= 15 is 0 Å². The highest BCUT2D eigenvalue weighted by atomic mass is 35.5. The predicted octanol–water partition coefficient (Wildman–Crippen LogP) is 2.01. The molecule has 0 aromatic carbocycles. The highest BCUT2D eigenvalue weighted by Gasteiger charge is 2.59. The minimum Gasteiger partial charge on any atom is -0.477 e. The number of halogens is 1. The summed E-state index contributed by atoms with van der Waals surface area (Å²) < 4.78 is 1.97. The van der Waals surface area contributed by atoms with Crippen molar-refractivity contribution in [2.75, 3.05) is 5.75 Å². The van der Waals surface area contributed by atoms with Crippen molar-refractivity contribution in [2.24, 2.45) is 11.8 Å². The van der Waals surface area contributed by atoms with Crippen molar-refractivity contribution in [3.8, 4) is 0 Å². The third kappa shape index (κ3) is 3.63. The molecule has 0 radical (unpaired) electrons. The Bertz CT molecular complexity index is 806. The Labute approximate surface area is 167 Å². The van der Waals surface area contributed by atoms with E-state index in [1.807, 2.05) is 42.1 Å². The van der Waals surface area contributed by atoms with Gasteiger partial charge in [0.15, 0.2) is 18.9 Å². The molecular formula is C19H22ClN2O4S+. The molecule has 2 aliphatic rings. The van der Waals surface area contributed by atoms with Gasteiger partial charge in [0.1, 0.15) is 5.70 Å². The lowest BCUT2D eigenvalue weighted by Crippen LogP contribution is -2.63. The van der Waals surface area contributed by atoms with Crippen LogP contribution in [-0.2, 0) is 16.1 Å². The van der Waals surface area contributed by atoms with E-state index < -0.39 is 18.0 Å². The van der Waals surface area contributed by atoms with Crippen LogP contribution in [0.5, 0.6) is 0 Å². The van der Waals surface area contributed by atoms with Crippen LogP contribution >= 0.6 is 23.4 Å². The van der Waals surface area contributed by atoms with E-state index in [9.17, 15) is 19.8 Å². The van der Waals surface area contributed by atoms with Gasteiger partial charge < -0.3 is 15.1 Å². The van der Waals surface area contributed by atoms with Gasteiger partial charge in [0.2, 0.25) is 5.91 Å². The molecule has 27 heavy (non-hydrogen) atoms. The number of β-lactam (4-membered cyclic amide) rings is 1. The van der Waals surface area contributed by atoms with Crippen molar-refractivity contribution in [3.05, 3.63) is 47.4 Å². The average Bonchev–Trinajstić information content (AvgIpc) is 2.87.